The molecule has 2 fully saturated rings. The van der Waals surface area contributed by atoms with Crippen LogP contribution in [0.5, 0.6) is 0 Å². The predicted molar refractivity (Wildman–Crippen MR) is 71.7 cm³/mol. The molecule has 1 amide bonds. The Morgan fingerprint density at radius 3 is 2.63 bits per heavy atom. The van der Waals surface area contributed by atoms with E-state index in [1.807, 2.05) is 0 Å². The van der Waals surface area contributed by atoms with Gasteiger partial charge in [0.1, 0.15) is 5.76 Å². The zero-order valence-electron chi connectivity index (χ0n) is 11.1. The van der Waals surface area contributed by atoms with Crippen molar-refractivity contribution in [3.05, 3.63) is 23.7 Å². The molecule has 1 aromatic heterocycles. The second-order valence-electron chi connectivity index (χ2n) is 5.48. The second-order valence-corrected chi connectivity index (χ2v) is 5.48. The van der Waals surface area contributed by atoms with Crippen LogP contribution in [0.1, 0.15) is 42.0 Å². The van der Waals surface area contributed by atoms with Crippen LogP contribution in [0.3, 0.4) is 0 Å². The molecule has 0 unspecified atom stereocenters. The van der Waals surface area contributed by atoms with Crippen LogP contribution < -0.4 is 11.1 Å². The molecule has 19 heavy (non-hydrogen) atoms. The topological polar surface area (TPSA) is 71.5 Å². The van der Waals surface area contributed by atoms with Gasteiger partial charge in [0.05, 0.1) is 6.54 Å². The summed E-state index contributed by atoms with van der Waals surface area (Å²) in [5, 5.41) is 3.05. The van der Waals surface area contributed by atoms with Crippen LogP contribution in [0.4, 0.5) is 0 Å². The number of hydrogen-bond donors (Lipinski definition) is 2. The number of carbonyl (C=O) groups is 1. The van der Waals surface area contributed by atoms with Crippen molar-refractivity contribution in [1.29, 1.82) is 0 Å². The lowest BCUT2D eigenvalue weighted by Gasteiger charge is -2.32. The van der Waals surface area contributed by atoms with E-state index in [4.69, 9.17) is 10.2 Å². The summed E-state index contributed by atoms with van der Waals surface area (Å²) in [7, 11) is 0. The molecule has 3 N–H and O–H groups in total. The molecule has 1 aliphatic heterocycles. The summed E-state index contributed by atoms with van der Waals surface area (Å²) < 4.78 is 5.36. The highest BCUT2D eigenvalue weighted by Crippen LogP contribution is 2.29. The molecule has 0 atom stereocenters. The minimum Gasteiger partial charge on any atom is -0.455 e. The van der Waals surface area contributed by atoms with Crippen molar-refractivity contribution in [2.75, 3.05) is 13.1 Å². The standard InChI is InChI=1S/C14H21N3O2/c15-9-12-3-4-13(19-12)14(18)16-10-5-7-17(8-6-10)11-1-2-11/h3-4,10-11H,1-2,5-9,15H2,(H,16,18). The van der Waals surface area contributed by atoms with Crippen molar-refractivity contribution in [3.63, 3.8) is 0 Å². The van der Waals surface area contributed by atoms with Crippen LogP contribution in [0, 0.1) is 0 Å². The molecule has 2 aliphatic rings. The lowest BCUT2D eigenvalue weighted by atomic mass is 10.0. The second kappa shape index (κ2) is 5.35. The predicted octanol–water partition coefficient (Wildman–Crippen LogP) is 1.09. The first-order chi connectivity index (χ1) is 9.26. The number of nitrogens with zero attached hydrogens (tertiary/aromatic N) is 1. The Morgan fingerprint density at radius 1 is 1.32 bits per heavy atom. The molecule has 3 rings (SSSR count). The zero-order chi connectivity index (χ0) is 13.2. The quantitative estimate of drug-likeness (QED) is 0.853. The first kappa shape index (κ1) is 12.7. The highest BCUT2D eigenvalue weighted by atomic mass is 16.4. The van der Waals surface area contributed by atoms with Gasteiger partial charge >= 0.3 is 0 Å². The van der Waals surface area contributed by atoms with Gasteiger partial charge in [-0.15, -0.1) is 0 Å². The SMILES string of the molecule is NCc1ccc(C(=O)NC2CCN(C3CC3)CC2)o1. The summed E-state index contributed by atoms with van der Waals surface area (Å²) >= 11 is 0. The van der Waals surface area contributed by atoms with Crippen LogP contribution in [0.2, 0.25) is 0 Å². The number of rotatable bonds is 4. The first-order valence-electron chi connectivity index (χ1n) is 7.10. The Hall–Kier alpha value is -1.33. The molecule has 0 radical (unpaired) electrons. The van der Waals surface area contributed by atoms with E-state index in [1.165, 1.54) is 12.8 Å². The Balaban J connectivity index is 1.49. The molecule has 2 heterocycles. The normalized spacial score (nSPS) is 21.5. The minimum absolute atomic E-state index is 0.121. The highest BCUT2D eigenvalue weighted by Gasteiger charge is 2.32. The van der Waals surface area contributed by atoms with Crippen molar-refractivity contribution in [1.82, 2.24) is 10.2 Å². The molecule has 5 nitrogen and oxygen atoms in total. The number of amides is 1. The van der Waals surface area contributed by atoms with Gasteiger partial charge in [-0.25, -0.2) is 0 Å². The molecular formula is C14H21N3O2. The van der Waals surface area contributed by atoms with Crippen molar-refractivity contribution in [2.45, 2.75) is 44.3 Å². The Kier molecular flexibility index (Phi) is 3.57. The summed E-state index contributed by atoms with van der Waals surface area (Å²) in [6.45, 7) is 2.52. The molecule has 5 heteroatoms. The number of hydrogen-bond acceptors (Lipinski definition) is 4. The summed E-state index contributed by atoms with van der Waals surface area (Å²) in [6, 6.07) is 4.55. The van der Waals surface area contributed by atoms with Crippen LogP contribution in [0.25, 0.3) is 0 Å². The van der Waals surface area contributed by atoms with E-state index in [9.17, 15) is 4.79 Å². The smallest absolute Gasteiger partial charge is 0.287 e. The average molecular weight is 263 g/mol. The Bertz CT molecular complexity index is 445. The van der Waals surface area contributed by atoms with Crippen molar-refractivity contribution >= 4 is 5.91 Å². The molecule has 0 aromatic carbocycles. The van der Waals surface area contributed by atoms with Crippen LogP contribution in [-0.4, -0.2) is 36.0 Å². The van der Waals surface area contributed by atoms with E-state index >= 15 is 0 Å². The van der Waals surface area contributed by atoms with Gasteiger partial charge in [-0.05, 0) is 37.8 Å². The summed E-state index contributed by atoms with van der Waals surface area (Å²) in [6.07, 6.45) is 4.77. The highest BCUT2D eigenvalue weighted by molar-refractivity contribution is 5.91. The van der Waals surface area contributed by atoms with E-state index in [0.717, 1.165) is 32.0 Å². The number of furan rings is 1. The maximum absolute atomic E-state index is 12.0. The molecular weight excluding hydrogens is 242 g/mol. The van der Waals surface area contributed by atoms with Gasteiger partial charge in [-0.1, -0.05) is 0 Å². The van der Waals surface area contributed by atoms with Crippen molar-refractivity contribution in [3.8, 4) is 0 Å². The summed E-state index contributed by atoms with van der Waals surface area (Å²) in [5.74, 6) is 0.892. The van der Waals surface area contributed by atoms with Crippen LogP contribution >= 0.6 is 0 Å². The monoisotopic (exact) mass is 263 g/mol. The van der Waals surface area contributed by atoms with Gasteiger partial charge < -0.3 is 20.4 Å². The van der Waals surface area contributed by atoms with E-state index in [-0.39, 0.29) is 11.9 Å². The van der Waals surface area contributed by atoms with Crippen molar-refractivity contribution in [2.24, 2.45) is 5.73 Å². The Morgan fingerprint density at radius 2 is 2.05 bits per heavy atom. The average Bonchev–Trinajstić information content (AvgIpc) is 3.17. The number of likely N-dealkylation sites (tertiary alicyclic amines) is 1. The molecule has 0 bridgehead atoms. The van der Waals surface area contributed by atoms with Gasteiger partial charge in [0.25, 0.3) is 5.91 Å². The number of nitrogens with one attached hydrogen (secondary N) is 1. The van der Waals surface area contributed by atoms with Gasteiger partial charge in [0.2, 0.25) is 0 Å². The van der Waals surface area contributed by atoms with Gasteiger partial charge in [0, 0.05) is 25.2 Å². The summed E-state index contributed by atoms with van der Waals surface area (Å²) in [5.41, 5.74) is 5.47. The van der Waals surface area contributed by atoms with Gasteiger partial charge in [-0.3, -0.25) is 4.79 Å². The fourth-order valence-electron chi connectivity index (χ4n) is 2.71. The first-order valence-corrected chi connectivity index (χ1v) is 7.10. The minimum atomic E-state index is -0.121. The lowest BCUT2D eigenvalue weighted by Crippen LogP contribution is -2.45. The van der Waals surface area contributed by atoms with E-state index in [2.05, 4.69) is 10.2 Å². The zero-order valence-corrected chi connectivity index (χ0v) is 11.1. The maximum Gasteiger partial charge on any atom is 0.287 e. The Labute approximate surface area is 113 Å². The number of piperidine rings is 1. The third-order valence-corrected chi connectivity index (χ3v) is 4.01. The lowest BCUT2D eigenvalue weighted by molar-refractivity contribution is 0.0879. The molecule has 0 spiro atoms. The fourth-order valence-corrected chi connectivity index (χ4v) is 2.71. The van der Waals surface area contributed by atoms with Gasteiger partial charge in [-0.2, -0.15) is 0 Å². The molecule has 1 aliphatic carbocycles. The van der Waals surface area contributed by atoms with Crippen LogP contribution in [-0.2, 0) is 6.54 Å². The van der Waals surface area contributed by atoms with E-state index in [0.29, 0.717) is 18.1 Å². The molecule has 1 saturated carbocycles. The van der Waals surface area contributed by atoms with Gasteiger partial charge in [0.15, 0.2) is 5.76 Å². The number of carbonyl (C=O) groups excluding carboxylic acids is 1. The van der Waals surface area contributed by atoms with Crippen molar-refractivity contribution < 1.29 is 9.21 Å². The largest absolute Gasteiger partial charge is 0.455 e. The fraction of sp³-hybridized carbons (Fsp3) is 0.643. The molecule has 1 aromatic rings. The third kappa shape index (κ3) is 2.98. The molecule has 104 valence electrons. The maximum atomic E-state index is 12.0. The molecule has 1 saturated heterocycles. The summed E-state index contributed by atoms with van der Waals surface area (Å²) in [4.78, 5) is 14.6. The van der Waals surface area contributed by atoms with E-state index < -0.39 is 0 Å². The number of nitrogens with two attached hydrogens (primary N) is 1. The third-order valence-electron chi connectivity index (χ3n) is 4.01. The van der Waals surface area contributed by atoms with E-state index in [1.54, 1.807) is 12.1 Å². The van der Waals surface area contributed by atoms with Crippen LogP contribution in [0.15, 0.2) is 16.5 Å².